The van der Waals surface area contributed by atoms with E-state index in [-0.39, 0.29) is 18.1 Å². The number of hydrogen-bond donors (Lipinski definition) is 0. The molecule has 6 nitrogen and oxygen atoms in total. The molecule has 0 saturated heterocycles. The molecule has 1 aromatic heterocycles. The van der Waals surface area contributed by atoms with E-state index in [2.05, 4.69) is 5.10 Å². The van der Waals surface area contributed by atoms with Crippen LogP contribution in [0, 0.1) is 5.82 Å². The molecule has 0 fully saturated rings. The fourth-order valence-electron chi connectivity index (χ4n) is 2.78. The second kappa shape index (κ2) is 7.03. The Morgan fingerprint density at radius 1 is 1.00 bits per heavy atom. The van der Waals surface area contributed by atoms with Gasteiger partial charge in [0.1, 0.15) is 25.6 Å². The van der Waals surface area contributed by atoms with E-state index < -0.39 is 5.56 Å². The van der Waals surface area contributed by atoms with E-state index in [1.165, 1.54) is 18.2 Å². The molecule has 1 aliphatic heterocycles. The predicted octanol–water partition coefficient (Wildman–Crippen LogP) is 2.70. The van der Waals surface area contributed by atoms with Gasteiger partial charge in [-0.3, -0.25) is 9.59 Å². The topological polar surface area (TPSA) is 70.4 Å². The summed E-state index contributed by atoms with van der Waals surface area (Å²) in [6.07, 6.45) is 0. The molecule has 0 radical (unpaired) electrons. The zero-order valence-electron chi connectivity index (χ0n) is 14.2. The Hall–Kier alpha value is -3.48. The van der Waals surface area contributed by atoms with Crippen LogP contribution in [-0.4, -0.2) is 28.8 Å². The molecule has 2 heterocycles. The van der Waals surface area contributed by atoms with Gasteiger partial charge in [-0.15, -0.1) is 0 Å². The van der Waals surface area contributed by atoms with Gasteiger partial charge in [-0.2, -0.15) is 5.10 Å². The van der Waals surface area contributed by atoms with Crippen LogP contribution in [0.3, 0.4) is 0 Å². The van der Waals surface area contributed by atoms with Gasteiger partial charge in [0.05, 0.1) is 5.69 Å². The van der Waals surface area contributed by atoms with E-state index in [9.17, 15) is 14.0 Å². The highest BCUT2D eigenvalue weighted by Gasteiger charge is 2.16. The summed E-state index contributed by atoms with van der Waals surface area (Å²) in [6.45, 7) is 0.675. The Balaban J connectivity index is 1.60. The van der Waals surface area contributed by atoms with E-state index in [0.717, 1.165) is 4.68 Å². The summed E-state index contributed by atoms with van der Waals surface area (Å²) in [7, 11) is 0. The Morgan fingerprint density at radius 2 is 1.74 bits per heavy atom. The number of ether oxygens (including phenoxy) is 2. The summed E-state index contributed by atoms with van der Waals surface area (Å²) in [5.74, 6) is 0.456. The number of benzene rings is 2. The zero-order chi connectivity index (χ0) is 18.8. The fraction of sp³-hybridized carbons (Fsp3) is 0.150. The van der Waals surface area contributed by atoms with E-state index >= 15 is 0 Å². The first-order chi connectivity index (χ1) is 13.1. The van der Waals surface area contributed by atoms with Crippen LogP contribution in [-0.2, 0) is 6.54 Å². The van der Waals surface area contributed by atoms with Crippen LogP contribution in [0.25, 0.3) is 11.3 Å². The van der Waals surface area contributed by atoms with Gasteiger partial charge in [0.2, 0.25) is 0 Å². The number of Topliss-reactive ketones (excluding diaryl/α,β-unsaturated/α-hetero) is 1. The molecule has 0 saturated carbocycles. The van der Waals surface area contributed by atoms with E-state index in [1.807, 2.05) is 0 Å². The number of rotatable bonds is 4. The van der Waals surface area contributed by atoms with Crippen LogP contribution in [0.1, 0.15) is 10.4 Å². The van der Waals surface area contributed by atoms with Gasteiger partial charge in [0.15, 0.2) is 17.3 Å². The Labute approximate surface area is 153 Å². The fourth-order valence-corrected chi connectivity index (χ4v) is 2.78. The summed E-state index contributed by atoms with van der Waals surface area (Å²) in [5.41, 5.74) is 1.13. The van der Waals surface area contributed by atoms with Crippen molar-refractivity contribution in [3.8, 4) is 22.8 Å². The summed E-state index contributed by atoms with van der Waals surface area (Å²) in [4.78, 5) is 24.7. The van der Waals surface area contributed by atoms with Gasteiger partial charge in [-0.25, -0.2) is 9.07 Å². The van der Waals surface area contributed by atoms with Crippen molar-refractivity contribution in [3.63, 3.8) is 0 Å². The van der Waals surface area contributed by atoms with Crippen LogP contribution in [0.2, 0.25) is 0 Å². The van der Waals surface area contributed by atoms with E-state index in [0.29, 0.717) is 41.5 Å². The van der Waals surface area contributed by atoms with E-state index in [1.54, 1.807) is 36.4 Å². The molecule has 27 heavy (non-hydrogen) atoms. The number of hydrogen-bond acceptors (Lipinski definition) is 5. The van der Waals surface area contributed by atoms with Crippen molar-refractivity contribution < 1.29 is 18.7 Å². The standard InChI is InChI=1S/C20H15FN2O4/c21-15-4-1-13(2-5-15)16-6-8-20(25)23(22-16)12-17(24)14-3-7-18-19(11-14)27-10-9-26-18/h1-8,11H,9-10,12H2. The highest BCUT2D eigenvalue weighted by Crippen LogP contribution is 2.30. The number of aromatic nitrogens is 2. The third-order valence-electron chi connectivity index (χ3n) is 4.16. The van der Waals surface area contributed by atoms with Crippen molar-refractivity contribution in [2.24, 2.45) is 0 Å². The molecule has 1 aliphatic rings. The van der Waals surface area contributed by atoms with Crippen LogP contribution in [0.4, 0.5) is 4.39 Å². The molecule has 4 rings (SSSR count). The normalized spacial score (nSPS) is 12.6. The Kier molecular flexibility index (Phi) is 4.42. The largest absolute Gasteiger partial charge is 0.486 e. The lowest BCUT2D eigenvalue weighted by atomic mass is 10.1. The van der Waals surface area contributed by atoms with Crippen LogP contribution >= 0.6 is 0 Å². The van der Waals surface area contributed by atoms with Crippen molar-refractivity contribution in [1.82, 2.24) is 9.78 Å². The third kappa shape index (κ3) is 3.57. The first kappa shape index (κ1) is 17.0. The SMILES string of the molecule is O=C(Cn1nc(-c2ccc(F)cc2)ccc1=O)c1ccc2c(c1)OCCO2. The minimum Gasteiger partial charge on any atom is -0.486 e. The zero-order valence-corrected chi connectivity index (χ0v) is 14.2. The maximum absolute atomic E-state index is 13.1. The van der Waals surface area contributed by atoms with Crippen LogP contribution in [0.15, 0.2) is 59.4 Å². The second-order valence-electron chi connectivity index (χ2n) is 6.00. The molecule has 0 atom stereocenters. The van der Waals surface area contributed by atoms with Crippen molar-refractivity contribution in [2.75, 3.05) is 13.2 Å². The first-order valence-corrected chi connectivity index (χ1v) is 8.37. The minimum absolute atomic E-state index is 0.215. The average molecular weight is 366 g/mol. The summed E-state index contributed by atoms with van der Waals surface area (Å²) >= 11 is 0. The second-order valence-corrected chi connectivity index (χ2v) is 6.00. The molecule has 0 aliphatic carbocycles. The van der Waals surface area contributed by atoms with Crippen LogP contribution < -0.4 is 15.0 Å². The van der Waals surface area contributed by atoms with Gasteiger partial charge in [-0.05, 0) is 48.5 Å². The molecule has 7 heteroatoms. The van der Waals surface area contributed by atoms with Crippen molar-refractivity contribution >= 4 is 5.78 Å². The van der Waals surface area contributed by atoms with Gasteiger partial charge in [0.25, 0.3) is 5.56 Å². The van der Waals surface area contributed by atoms with Crippen molar-refractivity contribution in [2.45, 2.75) is 6.54 Å². The predicted molar refractivity (Wildman–Crippen MR) is 95.7 cm³/mol. The minimum atomic E-state index is -0.397. The summed E-state index contributed by atoms with van der Waals surface area (Å²) < 4.78 is 25.1. The first-order valence-electron chi connectivity index (χ1n) is 8.37. The van der Waals surface area contributed by atoms with Gasteiger partial charge in [0, 0.05) is 17.2 Å². The summed E-state index contributed by atoms with van der Waals surface area (Å²) in [5, 5.41) is 4.23. The molecule has 0 bridgehead atoms. The lowest BCUT2D eigenvalue weighted by Crippen LogP contribution is -2.26. The monoisotopic (exact) mass is 366 g/mol. The number of nitrogens with zero attached hydrogens (tertiary/aromatic N) is 2. The van der Waals surface area contributed by atoms with Crippen molar-refractivity contribution in [3.05, 3.63) is 76.3 Å². The highest BCUT2D eigenvalue weighted by atomic mass is 19.1. The molecule has 2 aromatic carbocycles. The number of fused-ring (bicyclic) bond motifs is 1. The molecular formula is C20H15FN2O4. The maximum Gasteiger partial charge on any atom is 0.267 e. The third-order valence-corrected chi connectivity index (χ3v) is 4.16. The summed E-state index contributed by atoms with van der Waals surface area (Å²) in [6, 6.07) is 13.5. The quantitative estimate of drug-likeness (QED) is 0.664. The Bertz CT molecular complexity index is 1060. The van der Waals surface area contributed by atoms with Crippen molar-refractivity contribution in [1.29, 1.82) is 0 Å². The average Bonchev–Trinajstić information content (AvgIpc) is 2.70. The number of carbonyl (C=O) groups is 1. The van der Waals surface area contributed by atoms with Crippen LogP contribution in [0.5, 0.6) is 11.5 Å². The molecule has 136 valence electrons. The number of carbonyl (C=O) groups excluding carboxylic acids is 1. The smallest absolute Gasteiger partial charge is 0.267 e. The van der Waals surface area contributed by atoms with Gasteiger partial charge >= 0.3 is 0 Å². The number of ketones is 1. The lowest BCUT2D eigenvalue weighted by molar-refractivity contribution is 0.0964. The molecular weight excluding hydrogens is 351 g/mol. The van der Waals surface area contributed by atoms with Gasteiger partial charge in [-0.1, -0.05) is 0 Å². The lowest BCUT2D eigenvalue weighted by Gasteiger charge is -2.18. The molecule has 0 N–H and O–H groups in total. The Morgan fingerprint density at radius 3 is 2.52 bits per heavy atom. The van der Waals surface area contributed by atoms with Gasteiger partial charge < -0.3 is 9.47 Å². The maximum atomic E-state index is 13.1. The van der Waals surface area contributed by atoms with E-state index in [4.69, 9.17) is 9.47 Å². The number of halogens is 1. The highest BCUT2D eigenvalue weighted by molar-refractivity contribution is 5.96. The molecule has 0 spiro atoms. The molecule has 0 amide bonds. The molecule has 3 aromatic rings. The molecule has 0 unspecified atom stereocenters.